The third-order valence-corrected chi connectivity index (χ3v) is 6.12. The van der Waals surface area contributed by atoms with Gasteiger partial charge in [-0.2, -0.15) is 14.8 Å². The van der Waals surface area contributed by atoms with Crippen molar-refractivity contribution in [1.82, 2.24) is 35.2 Å². The molecule has 5 rings (SSSR count). The molecule has 0 bridgehead atoms. The topological polar surface area (TPSA) is 114 Å². The van der Waals surface area contributed by atoms with Crippen LogP contribution in [0, 0.1) is 0 Å². The van der Waals surface area contributed by atoms with Crippen LogP contribution in [0.2, 0.25) is 0 Å². The number of nitrogens with one attached hydrogen (secondary N) is 1. The third kappa shape index (κ3) is 5.04. The fourth-order valence-corrected chi connectivity index (χ4v) is 4.34. The van der Waals surface area contributed by atoms with E-state index < -0.39 is 5.97 Å². The highest BCUT2D eigenvalue weighted by Crippen LogP contribution is 2.30. The minimum Gasteiger partial charge on any atom is -0.462 e. The number of rotatable bonds is 10. The molecular formula is C27H28N8O2. The number of carbonyl (C=O) groups excluding carboxylic acids is 1. The Hall–Kier alpha value is -4.60. The molecule has 10 nitrogen and oxygen atoms in total. The molecule has 0 radical (unpaired) electrons. The second-order valence-electron chi connectivity index (χ2n) is 8.57. The summed E-state index contributed by atoms with van der Waals surface area (Å²) in [5.41, 5.74) is 5.16. The van der Waals surface area contributed by atoms with Gasteiger partial charge in [0.1, 0.15) is 11.4 Å². The van der Waals surface area contributed by atoms with Crippen molar-refractivity contribution in [2.45, 2.75) is 33.2 Å². The molecule has 0 aliphatic carbocycles. The molecule has 0 aliphatic rings. The minimum atomic E-state index is -0.405. The Morgan fingerprint density at radius 2 is 1.86 bits per heavy atom. The van der Waals surface area contributed by atoms with Gasteiger partial charge in [0.25, 0.3) is 0 Å². The van der Waals surface area contributed by atoms with Gasteiger partial charge in [-0.15, -0.1) is 10.2 Å². The average molecular weight is 497 g/mol. The van der Waals surface area contributed by atoms with Crippen molar-refractivity contribution < 1.29 is 9.53 Å². The maximum absolute atomic E-state index is 12.8. The summed E-state index contributed by atoms with van der Waals surface area (Å²) in [4.78, 5) is 19.4. The number of carbonyl (C=O) groups is 1. The quantitative estimate of drug-likeness (QED) is 0.280. The van der Waals surface area contributed by atoms with Gasteiger partial charge in [0, 0.05) is 30.9 Å². The molecule has 37 heavy (non-hydrogen) atoms. The number of tetrazole rings is 1. The van der Waals surface area contributed by atoms with Crippen molar-refractivity contribution in [2.24, 2.45) is 0 Å². The lowest BCUT2D eigenvalue weighted by Crippen LogP contribution is -2.29. The van der Waals surface area contributed by atoms with E-state index in [0.29, 0.717) is 29.4 Å². The smallest absolute Gasteiger partial charge is 0.343 e. The molecular weight excluding hydrogens is 468 g/mol. The summed E-state index contributed by atoms with van der Waals surface area (Å²) in [7, 11) is 0. The number of aromatic nitrogens is 7. The van der Waals surface area contributed by atoms with Crippen molar-refractivity contribution >= 4 is 17.4 Å². The van der Waals surface area contributed by atoms with Gasteiger partial charge in [-0.25, -0.2) is 9.78 Å². The van der Waals surface area contributed by atoms with E-state index in [4.69, 9.17) is 4.74 Å². The van der Waals surface area contributed by atoms with Gasteiger partial charge in [0.15, 0.2) is 5.65 Å². The molecule has 1 N–H and O–H groups in total. The zero-order valence-electron chi connectivity index (χ0n) is 20.8. The second kappa shape index (κ2) is 11.0. The van der Waals surface area contributed by atoms with Gasteiger partial charge < -0.3 is 9.64 Å². The lowest BCUT2D eigenvalue weighted by molar-refractivity contribution is 0.0526. The molecule has 10 heteroatoms. The third-order valence-electron chi connectivity index (χ3n) is 6.12. The normalized spacial score (nSPS) is 11.1. The number of hydrogen-bond acceptors (Lipinski definition) is 8. The van der Waals surface area contributed by atoms with Crippen molar-refractivity contribution in [3.63, 3.8) is 0 Å². The summed E-state index contributed by atoms with van der Waals surface area (Å²) in [5.74, 6) is 0.837. The summed E-state index contributed by atoms with van der Waals surface area (Å²) < 4.78 is 7.06. The van der Waals surface area contributed by atoms with Crippen LogP contribution in [0.5, 0.6) is 0 Å². The van der Waals surface area contributed by atoms with Crippen molar-refractivity contribution in [3.05, 3.63) is 78.1 Å². The van der Waals surface area contributed by atoms with E-state index in [1.165, 1.54) is 0 Å². The summed E-state index contributed by atoms with van der Waals surface area (Å²) in [6.07, 6.45) is 5.25. The highest BCUT2D eigenvalue weighted by atomic mass is 16.5. The van der Waals surface area contributed by atoms with Gasteiger partial charge in [-0.05, 0) is 35.2 Å². The number of esters is 1. The van der Waals surface area contributed by atoms with E-state index in [9.17, 15) is 4.79 Å². The van der Waals surface area contributed by atoms with Crippen LogP contribution < -0.4 is 4.90 Å². The second-order valence-corrected chi connectivity index (χ2v) is 8.57. The maximum atomic E-state index is 12.8. The van der Waals surface area contributed by atoms with E-state index in [2.05, 4.69) is 66.8 Å². The molecule has 188 valence electrons. The Bertz CT molecular complexity index is 1480. The molecule has 0 amide bonds. The van der Waals surface area contributed by atoms with Crippen molar-refractivity contribution in [1.29, 1.82) is 0 Å². The number of unbranched alkanes of at least 4 members (excludes halogenated alkanes) is 1. The number of nitrogens with zero attached hydrogens (tertiary/aromatic N) is 7. The molecule has 0 unspecified atom stereocenters. The van der Waals surface area contributed by atoms with Gasteiger partial charge >= 0.3 is 5.97 Å². The summed E-state index contributed by atoms with van der Waals surface area (Å²) in [5, 5.41) is 19.0. The lowest BCUT2D eigenvalue weighted by Gasteiger charge is -2.27. The predicted molar refractivity (Wildman–Crippen MR) is 140 cm³/mol. The van der Waals surface area contributed by atoms with Gasteiger partial charge in [0.2, 0.25) is 5.82 Å². The maximum Gasteiger partial charge on any atom is 0.343 e. The molecule has 0 saturated carbocycles. The van der Waals surface area contributed by atoms with Crippen LogP contribution in [0.15, 0.2) is 67.0 Å². The zero-order valence-corrected chi connectivity index (χ0v) is 20.8. The van der Waals surface area contributed by atoms with Crippen LogP contribution >= 0.6 is 0 Å². The highest BCUT2D eigenvalue weighted by molar-refractivity contribution is 5.95. The van der Waals surface area contributed by atoms with E-state index >= 15 is 0 Å². The Morgan fingerprint density at radius 1 is 1.05 bits per heavy atom. The molecule has 0 aliphatic heterocycles. The first-order chi connectivity index (χ1) is 18.2. The fourth-order valence-electron chi connectivity index (χ4n) is 4.34. The zero-order chi connectivity index (χ0) is 25.6. The Labute approximate surface area is 214 Å². The number of anilines is 1. The van der Waals surface area contributed by atoms with Gasteiger partial charge in [0.05, 0.1) is 12.8 Å². The number of hydrogen-bond donors (Lipinski definition) is 1. The van der Waals surface area contributed by atoms with Crippen LogP contribution in [-0.4, -0.2) is 54.3 Å². The van der Waals surface area contributed by atoms with Crippen molar-refractivity contribution in [3.8, 4) is 22.5 Å². The van der Waals surface area contributed by atoms with E-state index in [1.54, 1.807) is 23.8 Å². The van der Waals surface area contributed by atoms with Crippen LogP contribution in [-0.2, 0) is 11.3 Å². The Balaban J connectivity index is 1.49. The predicted octanol–water partition coefficient (Wildman–Crippen LogP) is 4.56. The molecule has 0 atom stereocenters. The van der Waals surface area contributed by atoms with Crippen LogP contribution in [0.25, 0.3) is 28.2 Å². The van der Waals surface area contributed by atoms with E-state index in [1.807, 2.05) is 30.3 Å². The first kappa shape index (κ1) is 24.1. The highest BCUT2D eigenvalue weighted by Gasteiger charge is 2.23. The van der Waals surface area contributed by atoms with Gasteiger partial charge in [-0.1, -0.05) is 61.9 Å². The van der Waals surface area contributed by atoms with Crippen LogP contribution in [0.3, 0.4) is 0 Å². The standard InChI is InChI=1S/C27H28N8O2/c1-3-5-16-34(26-23(27(36)37-4-2)17-28-24-14-15-29-35(24)26)18-19-10-12-20(13-11-19)21-8-6-7-9-22(21)25-30-32-33-31-25/h6-15,17H,3-5,16,18H2,1-2H3,(H,30,31,32,33). The largest absolute Gasteiger partial charge is 0.462 e. The molecule has 5 aromatic rings. The summed E-state index contributed by atoms with van der Waals surface area (Å²) in [6, 6.07) is 18.2. The number of ether oxygens (including phenoxy) is 1. The summed E-state index contributed by atoms with van der Waals surface area (Å²) >= 11 is 0. The number of fused-ring (bicyclic) bond motifs is 1. The molecule has 0 saturated heterocycles. The van der Waals surface area contributed by atoms with Gasteiger partial charge in [-0.3, -0.25) is 0 Å². The number of benzene rings is 2. The van der Waals surface area contributed by atoms with E-state index in [0.717, 1.165) is 41.6 Å². The monoisotopic (exact) mass is 496 g/mol. The van der Waals surface area contributed by atoms with Crippen LogP contribution in [0.4, 0.5) is 5.82 Å². The molecule has 0 fully saturated rings. The minimum absolute atomic E-state index is 0.289. The Morgan fingerprint density at radius 3 is 2.59 bits per heavy atom. The van der Waals surface area contributed by atoms with Crippen molar-refractivity contribution in [2.75, 3.05) is 18.1 Å². The lowest BCUT2D eigenvalue weighted by atomic mass is 9.98. The Kier molecular flexibility index (Phi) is 7.16. The average Bonchev–Trinajstić information content (AvgIpc) is 3.64. The SMILES string of the molecule is CCCCN(Cc1ccc(-c2ccccc2-c2nn[nH]n2)cc1)c1c(C(=O)OCC)cnc2ccnn12. The summed E-state index contributed by atoms with van der Waals surface area (Å²) in [6.45, 7) is 5.58. The molecule has 3 aromatic heterocycles. The molecule has 3 heterocycles. The van der Waals surface area contributed by atoms with Crippen LogP contribution in [0.1, 0.15) is 42.6 Å². The van der Waals surface area contributed by atoms with E-state index in [-0.39, 0.29) is 6.61 Å². The first-order valence-electron chi connectivity index (χ1n) is 12.4. The first-order valence-corrected chi connectivity index (χ1v) is 12.4. The number of H-pyrrole nitrogens is 1. The fraction of sp³-hybridized carbons (Fsp3) is 0.259. The number of aromatic amines is 1. The molecule has 2 aromatic carbocycles. The molecule has 0 spiro atoms.